The van der Waals surface area contributed by atoms with E-state index in [9.17, 15) is 4.79 Å². The van der Waals surface area contributed by atoms with Gasteiger partial charge in [0.2, 0.25) is 5.95 Å². The number of hydrogen-bond donors (Lipinski definition) is 1. The van der Waals surface area contributed by atoms with Gasteiger partial charge in [0.1, 0.15) is 0 Å². The molecular formula is C10H15N3O. The second kappa shape index (κ2) is 3.44. The Balaban J connectivity index is 2.55. The summed E-state index contributed by atoms with van der Waals surface area (Å²) in [7, 11) is 0. The van der Waals surface area contributed by atoms with Gasteiger partial charge in [-0.1, -0.05) is 13.8 Å². The molecule has 0 fully saturated rings. The number of nitrogens with zero attached hydrogens (tertiary/aromatic N) is 2. The van der Waals surface area contributed by atoms with Crippen LogP contribution >= 0.6 is 0 Å². The fraction of sp³-hybridized carbons (Fsp3) is 0.600. The summed E-state index contributed by atoms with van der Waals surface area (Å²) in [6.45, 7) is 5.73. The first-order valence-electron chi connectivity index (χ1n) is 5.03. The van der Waals surface area contributed by atoms with Crippen molar-refractivity contribution >= 4 is 5.95 Å². The van der Waals surface area contributed by atoms with Crippen molar-refractivity contribution in [2.45, 2.75) is 32.7 Å². The smallest absolute Gasteiger partial charge is 0.258 e. The van der Waals surface area contributed by atoms with Crippen molar-refractivity contribution in [3.63, 3.8) is 0 Å². The van der Waals surface area contributed by atoms with Crippen LogP contribution in [-0.2, 0) is 6.54 Å². The van der Waals surface area contributed by atoms with Gasteiger partial charge in [0, 0.05) is 24.8 Å². The lowest BCUT2D eigenvalue weighted by Crippen LogP contribution is -2.32. The molecule has 0 spiro atoms. The monoisotopic (exact) mass is 193 g/mol. The standard InChI is InChI=1S/C10H15N3O/c1-7(2)8-6-12-10-11-4-3-5-13(10)9(8)14/h6-7H,3-5H2,1-2H3,(H,11,12). The van der Waals surface area contributed by atoms with Crippen LogP contribution in [0.3, 0.4) is 0 Å². The molecule has 2 heterocycles. The Morgan fingerprint density at radius 3 is 3.07 bits per heavy atom. The number of hydrogen-bond acceptors (Lipinski definition) is 3. The summed E-state index contributed by atoms with van der Waals surface area (Å²) in [5.74, 6) is 0.959. The number of aromatic nitrogens is 2. The van der Waals surface area contributed by atoms with Crippen LogP contribution in [0.1, 0.15) is 31.7 Å². The Bertz CT molecular complexity index is 395. The molecule has 0 bridgehead atoms. The van der Waals surface area contributed by atoms with E-state index < -0.39 is 0 Å². The fourth-order valence-electron chi connectivity index (χ4n) is 1.69. The van der Waals surface area contributed by atoms with Gasteiger partial charge in [0.15, 0.2) is 0 Å². The predicted octanol–water partition coefficient (Wildman–Crippen LogP) is 1.18. The summed E-state index contributed by atoms with van der Waals surface area (Å²) in [5.41, 5.74) is 0.912. The molecule has 4 heteroatoms. The van der Waals surface area contributed by atoms with E-state index in [1.54, 1.807) is 10.8 Å². The van der Waals surface area contributed by atoms with Crippen LogP contribution in [-0.4, -0.2) is 16.1 Å². The molecule has 0 unspecified atom stereocenters. The maximum absolute atomic E-state index is 11.9. The Morgan fingerprint density at radius 2 is 2.36 bits per heavy atom. The van der Waals surface area contributed by atoms with Crippen LogP contribution in [0.5, 0.6) is 0 Å². The van der Waals surface area contributed by atoms with Gasteiger partial charge in [0.05, 0.1) is 0 Å². The predicted molar refractivity (Wildman–Crippen MR) is 55.7 cm³/mol. The Morgan fingerprint density at radius 1 is 1.57 bits per heavy atom. The molecule has 0 radical (unpaired) electrons. The Labute approximate surface area is 83.0 Å². The van der Waals surface area contributed by atoms with E-state index in [-0.39, 0.29) is 11.5 Å². The highest BCUT2D eigenvalue weighted by Crippen LogP contribution is 2.12. The first-order valence-corrected chi connectivity index (χ1v) is 5.03. The second-order valence-electron chi connectivity index (χ2n) is 3.93. The molecule has 4 nitrogen and oxygen atoms in total. The number of rotatable bonds is 1. The van der Waals surface area contributed by atoms with Gasteiger partial charge in [-0.2, -0.15) is 0 Å². The lowest BCUT2D eigenvalue weighted by atomic mass is 10.1. The fourth-order valence-corrected chi connectivity index (χ4v) is 1.69. The van der Waals surface area contributed by atoms with Crippen molar-refractivity contribution in [2.24, 2.45) is 0 Å². The van der Waals surface area contributed by atoms with Crippen molar-refractivity contribution < 1.29 is 0 Å². The molecule has 1 aromatic heterocycles. The van der Waals surface area contributed by atoms with Gasteiger partial charge in [-0.3, -0.25) is 9.36 Å². The van der Waals surface area contributed by atoms with E-state index in [4.69, 9.17) is 0 Å². The topological polar surface area (TPSA) is 46.9 Å². The lowest BCUT2D eigenvalue weighted by Gasteiger charge is -2.19. The van der Waals surface area contributed by atoms with Crippen LogP contribution in [0.4, 0.5) is 5.95 Å². The molecular weight excluding hydrogens is 178 g/mol. The van der Waals surface area contributed by atoms with Gasteiger partial charge in [-0.25, -0.2) is 4.98 Å². The van der Waals surface area contributed by atoms with E-state index in [0.29, 0.717) is 5.95 Å². The van der Waals surface area contributed by atoms with Crippen LogP contribution in [0.25, 0.3) is 0 Å². The SMILES string of the molecule is CC(C)c1cnc2n(c1=O)CCCN2. The normalized spacial score (nSPS) is 15.1. The molecule has 0 amide bonds. The maximum Gasteiger partial charge on any atom is 0.258 e. The molecule has 0 aliphatic carbocycles. The van der Waals surface area contributed by atoms with Gasteiger partial charge >= 0.3 is 0 Å². The third-order valence-electron chi connectivity index (χ3n) is 2.54. The van der Waals surface area contributed by atoms with E-state index in [0.717, 1.165) is 25.1 Å². The van der Waals surface area contributed by atoms with Gasteiger partial charge in [-0.05, 0) is 12.3 Å². The van der Waals surface area contributed by atoms with Crippen molar-refractivity contribution in [1.82, 2.24) is 9.55 Å². The zero-order valence-corrected chi connectivity index (χ0v) is 8.58. The first-order chi connectivity index (χ1) is 6.70. The number of fused-ring (bicyclic) bond motifs is 1. The zero-order chi connectivity index (χ0) is 10.1. The minimum atomic E-state index is 0.109. The Hall–Kier alpha value is -1.32. The molecule has 1 aromatic rings. The molecule has 0 saturated heterocycles. The lowest BCUT2D eigenvalue weighted by molar-refractivity contribution is 0.585. The van der Waals surface area contributed by atoms with E-state index in [1.165, 1.54) is 0 Å². The zero-order valence-electron chi connectivity index (χ0n) is 8.58. The largest absolute Gasteiger partial charge is 0.356 e. The highest BCUT2D eigenvalue weighted by Gasteiger charge is 2.14. The highest BCUT2D eigenvalue weighted by atomic mass is 16.1. The van der Waals surface area contributed by atoms with Gasteiger partial charge < -0.3 is 5.32 Å². The summed E-state index contributed by atoms with van der Waals surface area (Å²) in [4.78, 5) is 16.2. The number of nitrogens with one attached hydrogen (secondary N) is 1. The molecule has 2 rings (SSSR count). The van der Waals surface area contributed by atoms with E-state index >= 15 is 0 Å². The molecule has 0 saturated carbocycles. The summed E-state index contributed by atoms with van der Waals surface area (Å²) in [5, 5.41) is 3.12. The maximum atomic E-state index is 11.9. The van der Waals surface area contributed by atoms with Crippen LogP contribution in [0.15, 0.2) is 11.0 Å². The van der Waals surface area contributed by atoms with Crippen molar-refractivity contribution in [3.05, 3.63) is 22.1 Å². The van der Waals surface area contributed by atoms with Crippen molar-refractivity contribution in [3.8, 4) is 0 Å². The van der Waals surface area contributed by atoms with E-state index in [1.807, 2.05) is 13.8 Å². The van der Waals surface area contributed by atoms with Crippen LogP contribution < -0.4 is 10.9 Å². The van der Waals surface area contributed by atoms with Crippen LogP contribution in [0, 0.1) is 0 Å². The van der Waals surface area contributed by atoms with Crippen LogP contribution in [0.2, 0.25) is 0 Å². The molecule has 1 aliphatic rings. The second-order valence-corrected chi connectivity index (χ2v) is 3.93. The summed E-state index contributed by atoms with van der Waals surface area (Å²) in [6.07, 6.45) is 2.69. The van der Waals surface area contributed by atoms with Gasteiger partial charge in [-0.15, -0.1) is 0 Å². The summed E-state index contributed by atoms with van der Waals surface area (Å²) >= 11 is 0. The summed E-state index contributed by atoms with van der Waals surface area (Å²) < 4.78 is 1.73. The summed E-state index contributed by atoms with van der Waals surface area (Å²) in [6, 6.07) is 0. The van der Waals surface area contributed by atoms with E-state index in [2.05, 4.69) is 10.3 Å². The molecule has 14 heavy (non-hydrogen) atoms. The molecule has 1 N–H and O–H groups in total. The minimum absolute atomic E-state index is 0.109. The first kappa shape index (κ1) is 9.24. The number of anilines is 1. The quantitative estimate of drug-likeness (QED) is 0.728. The molecule has 0 atom stereocenters. The van der Waals surface area contributed by atoms with Gasteiger partial charge in [0.25, 0.3) is 5.56 Å². The average molecular weight is 193 g/mol. The highest BCUT2D eigenvalue weighted by molar-refractivity contribution is 5.29. The minimum Gasteiger partial charge on any atom is -0.356 e. The molecule has 0 aromatic carbocycles. The molecule has 1 aliphatic heterocycles. The molecule has 76 valence electrons. The third kappa shape index (κ3) is 1.41. The Kier molecular flexibility index (Phi) is 2.27. The third-order valence-corrected chi connectivity index (χ3v) is 2.54. The van der Waals surface area contributed by atoms with Crippen molar-refractivity contribution in [2.75, 3.05) is 11.9 Å². The average Bonchev–Trinajstić information content (AvgIpc) is 2.18. The van der Waals surface area contributed by atoms with Crippen molar-refractivity contribution in [1.29, 1.82) is 0 Å².